The highest BCUT2D eigenvalue weighted by Gasteiger charge is 2.27. The molecular weight excluding hydrogens is 378 g/mol. The van der Waals surface area contributed by atoms with Crippen LogP contribution in [0.5, 0.6) is 5.88 Å². The summed E-state index contributed by atoms with van der Waals surface area (Å²) in [7, 11) is -0.818. The second-order valence-electron chi connectivity index (χ2n) is 6.90. The van der Waals surface area contributed by atoms with Crippen LogP contribution in [0.25, 0.3) is 22.0 Å². The van der Waals surface area contributed by atoms with Gasteiger partial charge in [-0.3, -0.25) is 0 Å². The number of aryl methyl sites for hydroxylation is 1. The minimum absolute atomic E-state index is 0.164. The summed E-state index contributed by atoms with van der Waals surface area (Å²) >= 11 is 0. The number of hydrogen-bond acceptors (Lipinski definition) is 6. The number of rotatable bonds is 6. The van der Waals surface area contributed by atoms with Gasteiger partial charge in [0.1, 0.15) is 11.4 Å². The van der Waals surface area contributed by atoms with Crippen molar-refractivity contribution in [2.24, 2.45) is 0 Å². The van der Waals surface area contributed by atoms with Crippen LogP contribution in [0.15, 0.2) is 47.4 Å². The minimum atomic E-state index is -3.81. The van der Waals surface area contributed by atoms with Crippen LogP contribution < -0.4 is 9.46 Å². The van der Waals surface area contributed by atoms with E-state index >= 15 is 0 Å². The Morgan fingerprint density at radius 1 is 1.00 bits per heavy atom. The molecule has 28 heavy (non-hydrogen) atoms. The van der Waals surface area contributed by atoms with E-state index in [0.717, 1.165) is 10.8 Å². The highest BCUT2D eigenvalue weighted by molar-refractivity contribution is 7.89. The van der Waals surface area contributed by atoms with Gasteiger partial charge in [-0.05, 0) is 38.5 Å². The topological polar surface area (TPSA) is 90.4 Å². The molecule has 0 saturated heterocycles. The van der Waals surface area contributed by atoms with Crippen LogP contribution in [0.3, 0.4) is 0 Å². The van der Waals surface area contributed by atoms with Crippen molar-refractivity contribution >= 4 is 20.8 Å². The predicted octanol–water partition coefficient (Wildman–Crippen LogP) is 3.27. The quantitative estimate of drug-likeness (QED) is 0.638. The molecule has 0 aliphatic heterocycles. The smallest absolute Gasteiger partial charge is 0.243 e. The van der Waals surface area contributed by atoms with E-state index in [4.69, 9.17) is 9.47 Å². The number of aromatic nitrogens is 2. The van der Waals surface area contributed by atoms with Crippen molar-refractivity contribution in [2.45, 2.75) is 31.4 Å². The van der Waals surface area contributed by atoms with E-state index in [-0.39, 0.29) is 4.90 Å². The zero-order chi connectivity index (χ0) is 20.5. The van der Waals surface area contributed by atoms with Gasteiger partial charge in [0.05, 0.1) is 12.0 Å². The Kier molecular flexibility index (Phi) is 5.38. The summed E-state index contributed by atoms with van der Waals surface area (Å²) in [5.74, 6) is 0.419. The van der Waals surface area contributed by atoms with Crippen molar-refractivity contribution in [3.63, 3.8) is 0 Å². The molecule has 0 aliphatic carbocycles. The number of sulfonamides is 1. The Hall–Kier alpha value is -2.55. The number of hydrogen-bond donors (Lipinski definition) is 1. The zero-order valence-electron chi connectivity index (χ0n) is 16.5. The number of fused-ring (bicyclic) bond motifs is 1. The minimum Gasteiger partial charge on any atom is -0.479 e. The Morgan fingerprint density at radius 2 is 1.68 bits per heavy atom. The molecule has 1 aromatic heterocycles. The van der Waals surface area contributed by atoms with Gasteiger partial charge in [0.15, 0.2) is 0 Å². The lowest BCUT2D eigenvalue weighted by Crippen LogP contribution is -2.44. The first-order valence-corrected chi connectivity index (χ1v) is 10.2. The normalized spacial score (nSPS) is 12.3. The van der Waals surface area contributed by atoms with E-state index in [1.807, 2.05) is 30.3 Å². The van der Waals surface area contributed by atoms with Gasteiger partial charge in [-0.1, -0.05) is 30.3 Å². The molecule has 3 rings (SSSR count). The zero-order valence-corrected chi connectivity index (χ0v) is 17.3. The fraction of sp³-hybridized carbons (Fsp3) is 0.300. The van der Waals surface area contributed by atoms with Crippen molar-refractivity contribution < 1.29 is 17.9 Å². The SMILES string of the molecule is COc1nnc(-c2ccc(C)c(S(=O)(=O)NC(C)(C)OC)c2)c2ccccc12. The fourth-order valence-corrected chi connectivity index (χ4v) is 4.51. The molecule has 0 spiro atoms. The third-order valence-electron chi connectivity index (χ3n) is 4.49. The van der Waals surface area contributed by atoms with E-state index < -0.39 is 15.7 Å². The molecule has 0 atom stereocenters. The Morgan fingerprint density at radius 3 is 2.32 bits per heavy atom. The Bertz CT molecular complexity index is 1130. The molecule has 1 heterocycles. The van der Waals surface area contributed by atoms with E-state index in [0.29, 0.717) is 22.7 Å². The van der Waals surface area contributed by atoms with Gasteiger partial charge in [0, 0.05) is 23.4 Å². The number of ether oxygens (including phenoxy) is 2. The number of benzene rings is 2. The van der Waals surface area contributed by atoms with Crippen LogP contribution in [0.2, 0.25) is 0 Å². The van der Waals surface area contributed by atoms with Crippen LogP contribution in [0.4, 0.5) is 0 Å². The molecule has 0 radical (unpaired) electrons. The highest BCUT2D eigenvalue weighted by atomic mass is 32.2. The van der Waals surface area contributed by atoms with E-state index in [1.165, 1.54) is 14.2 Å². The summed E-state index contributed by atoms with van der Waals surface area (Å²) in [6.45, 7) is 5.04. The van der Waals surface area contributed by atoms with E-state index in [9.17, 15) is 8.42 Å². The maximum Gasteiger partial charge on any atom is 0.243 e. The molecule has 0 saturated carbocycles. The second-order valence-corrected chi connectivity index (χ2v) is 8.55. The first-order valence-electron chi connectivity index (χ1n) is 8.68. The maximum absolute atomic E-state index is 12.9. The van der Waals surface area contributed by atoms with Crippen molar-refractivity contribution in [2.75, 3.05) is 14.2 Å². The molecule has 0 fully saturated rings. The number of nitrogens with one attached hydrogen (secondary N) is 1. The van der Waals surface area contributed by atoms with Gasteiger partial charge in [0.2, 0.25) is 15.9 Å². The summed E-state index contributed by atoms with van der Waals surface area (Å²) in [6, 6.07) is 12.8. The van der Waals surface area contributed by atoms with E-state index in [2.05, 4.69) is 14.9 Å². The lowest BCUT2D eigenvalue weighted by Gasteiger charge is -2.24. The third-order valence-corrected chi connectivity index (χ3v) is 6.27. The van der Waals surface area contributed by atoms with Crippen LogP contribution in [-0.2, 0) is 14.8 Å². The molecule has 2 aromatic carbocycles. The second kappa shape index (κ2) is 7.46. The molecular formula is C20H23N3O4S. The standard InChI is InChI=1S/C20H23N3O4S/c1-13-10-11-14(12-17(13)28(24,25)23-20(2,3)27-5)18-15-8-6-7-9-16(15)19(26-4)22-21-18/h6-12,23H,1-5H3. The lowest BCUT2D eigenvalue weighted by atomic mass is 10.0. The summed E-state index contributed by atoms with van der Waals surface area (Å²) in [5, 5.41) is 10.0. The first-order chi connectivity index (χ1) is 13.2. The van der Waals surface area contributed by atoms with Gasteiger partial charge in [0.25, 0.3) is 0 Å². The number of methoxy groups -OCH3 is 2. The average Bonchev–Trinajstić information content (AvgIpc) is 2.66. The van der Waals surface area contributed by atoms with Crippen LogP contribution in [0, 0.1) is 6.92 Å². The van der Waals surface area contributed by atoms with E-state index in [1.54, 1.807) is 32.9 Å². The van der Waals surface area contributed by atoms with Crippen molar-refractivity contribution in [1.82, 2.24) is 14.9 Å². The Labute approximate surface area is 164 Å². The first kappa shape index (κ1) is 20.2. The third kappa shape index (κ3) is 3.84. The van der Waals surface area contributed by atoms with Crippen LogP contribution in [0.1, 0.15) is 19.4 Å². The molecule has 7 nitrogen and oxygen atoms in total. The van der Waals surface area contributed by atoms with Crippen LogP contribution in [-0.4, -0.2) is 38.6 Å². The van der Waals surface area contributed by atoms with Crippen LogP contribution >= 0.6 is 0 Å². The summed E-state index contributed by atoms with van der Waals surface area (Å²) in [6.07, 6.45) is 0. The molecule has 1 N–H and O–H groups in total. The van der Waals surface area contributed by atoms with Gasteiger partial charge in [-0.2, -0.15) is 4.72 Å². The van der Waals surface area contributed by atoms with Crippen molar-refractivity contribution in [1.29, 1.82) is 0 Å². The summed E-state index contributed by atoms with van der Waals surface area (Å²) < 4.78 is 38.9. The summed E-state index contributed by atoms with van der Waals surface area (Å²) in [5.41, 5.74) is 0.814. The molecule has 0 unspecified atom stereocenters. The predicted molar refractivity (Wildman–Crippen MR) is 108 cm³/mol. The maximum atomic E-state index is 12.9. The average molecular weight is 401 g/mol. The molecule has 0 bridgehead atoms. The monoisotopic (exact) mass is 401 g/mol. The van der Waals surface area contributed by atoms with Gasteiger partial charge in [-0.25, -0.2) is 8.42 Å². The van der Waals surface area contributed by atoms with Gasteiger partial charge >= 0.3 is 0 Å². The highest BCUT2D eigenvalue weighted by Crippen LogP contribution is 2.32. The molecule has 3 aromatic rings. The van der Waals surface area contributed by atoms with Crippen molar-refractivity contribution in [3.8, 4) is 17.1 Å². The molecule has 148 valence electrons. The summed E-state index contributed by atoms with van der Waals surface area (Å²) in [4.78, 5) is 0.164. The molecule has 0 aliphatic rings. The fourth-order valence-electron chi connectivity index (χ4n) is 2.90. The molecule has 0 amide bonds. The van der Waals surface area contributed by atoms with Gasteiger partial charge < -0.3 is 9.47 Å². The van der Waals surface area contributed by atoms with Crippen molar-refractivity contribution in [3.05, 3.63) is 48.0 Å². The number of nitrogens with zero attached hydrogens (tertiary/aromatic N) is 2. The molecule has 8 heteroatoms. The van der Waals surface area contributed by atoms with Gasteiger partial charge in [-0.15, -0.1) is 10.2 Å². The largest absolute Gasteiger partial charge is 0.479 e. The Balaban J connectivity index is 2.17. The lowest BCUT2D eigenvalue weighted by molar-refractivity contribution is 0.0131.